The third kappa shape index (κ3) is 4.10. The number of phenolic OH excluding ortho intramolecular Hbond substituents is 1. The summed E-state index contributed by atoms with van der Waals surface area (Å²) < 4.78 is 25.2. The first-order valence-electron chi connectivity index (χ1n) is 7.95. The molecule has 0 atom stereocenters. The quantitative estimate of drug-likeness (QED) is 0.529. The highest BCUT2D eigenvalue weighted by molar-refractivity contribution is 7.91. The topological polar surface area (TPSA) is 78.8 Å². The van der Waals surface area contributed by atoms with Gasteiger partial charge in [0.1, 0.15) is 5.75 Å². The predicted molar refractivity (Wildman–Crippen MR) is 102 cm³/mol. The van der Waals surface area contributed by atoms with E-state index >= 15 is 0 Å². The second-order valence-electron chi connectivity index (χ2n) is 5.80. The molecule has 0 saturated carbocycles. The van der Waals surface area contributed by atoms with Gasteiger partial charge in [-0.15, -0.1) is 0 Å². The van der Waals surface area contributed by atoms with Gasteiger partial charge in [0.25, 0.3) is 0 Å². The molecule has 0 aliphatic carbocycles. The molecule has 3 rings (SSSR count). The number of rotatable bonds is 5. The maximum atomic E-state index is 12.6. The van der Waals surface area contributed by atoms with Crippen molar-refractivity contribution in [1.82, 2.24) is 0 Å². The van der Waals surface area contributed by atoms with E-state index in [4.69, 9.17) is 0 Å². The Bertz CT molecular complexity index is 1010. The Hall–Kier alpha value is -3.12. The van der Waals surface area contributed by atoms with Crippen LogP contribution >= 0.6 is 0 Å². The lowest BCUT2D eigenvalue weighted by Crippen LogP contribution is -2.02. The van der Waals surface area contributed by atoms with Crippen molar-refractivity contribution in [2.45, 2.75) is 16.7 Å². The largest absolute Gasteiger partial charge is 0.508 e. The Morgan fingerprint density at radius 3 is 1.96 bits per heavy atom. The van der Waals surface area contributed by atoms with E-state index in [1.54, 1.807) is 79.0 Å². The summed E-state index contributed by atoms with van der Waals surface area (Å²) in [4.78, 5) is 0.503. The number of phenols is 1. The number of hydrazone groups is 1. The van der Waals surface area contributed by atoms with Gasteiger partial charge in [0, 0.05) is 0 Å². The Kier molecular flexibility index (Phi) is 5.04. The Labute approximate surface area is 152 Å². The lowest BCUT2D eigenvalue weighted by molar-refractivity contribution is 0.475. The van der Waals surface area contributed by atoms with Crippen LogP contribution in [-0.2, 0) is 9.84 Å². The van der Waals surface area contributed by atoms with Gasteiger partial charge in [0.2, 0.25) is 9.84 Å². The molecule has 0 amide bonds. The average Bonchev–Trinajstić information content (AvgIpc) is 2.64. The van der Waals surface area contributed by atoms with Gasteiger partial charge in [-0.25, -0.2) is 8.42 Å². The molecule has 3 aromatic rings. The van der Waals surface area contributed by atoms with Crippen LogP contribution in [0.25, 0.3) is 0 Å². The van der Waals surface area contributed by atoms with Crippen molar-refractivity contribution in [2.75, 3.05) is 5.43 Å². The minimum absolute atomic E-state index is 0.195. The molecule has 0 heterocycles. The van der Waals surface area contributed by atoms with E-state index in [9.17, 15) is 13.5 Å². The molecule has 0 bridgehead atoms. The van der Waals surface area contributed by atoms with E-state index in [-0.39, 0.29) is 15.5 Å². The molecule has 26 heavy (non-hydrogen) atoms. The van der Waals surface area contributed by atoms with Crippen LogP contribution in [0.3, 0.4) is 0 Å². The monoisotopic (exact) mass is 366 g/mol. The molecule has 0 aliphatic heterocycles. The van der Waals surface area contributed by atoms with Crippen molar-refractivity contribution in [3.8, 4) is 5.75 Å². The van der Waals surface area contributed by atoms with Crippen LogP contribution in [0.5, 0.6) is 5.75 Å². The zero-order valence-corrected chi connectivity index (χ0v) is 14.9. The fraction of sp³-hybridized carbons (Fsp3) is 0.0500. The number of nitrogens with one attached hydrogen (secondary N) is 1. The molecule has 3 aromatic carbocycles. The zero-order chi connectivity index (χ0) is 18.6. The van der Waals surface area contributed by atoms with Gasteiger partial charge in [-0.3, -0.25) is 5.43 Å². The Morgan fingerprint density at radius 1 is 0.846 bits per heavy atom. The first-order valence-corrected chi connectivity index (χ1v) is 9.43. The minimum atomic E-state index is -3.53. The summed E-state index contributed by atoms with van der Waals surface area (Å²) >= 11 is 0. The SMILES string of the molecule is Cc1ccc(S(=O)(=O)c2ccc(N/N=C/c3ccc(O)cc3)cc2)cc1. The first-order chi connectivity index (χ1) is 12.4. The second-order valence-corrected chi connectivity index (χ2v) is 7.75. The molecular formula is C20H18N2O3S. The van der Waals surface area contributed by atoms with Gasteiger partial charge >= 0.3 is 0 Å². The minimum Gasteiger partial charge on any atom is -0.508 e. The Morgan fingerprint density at radius 2 is 1.38 bits per heavy atom. The second kappa shape index (κ2) is 7.41. The number of aromatic hydroxyl groups is 1. The van der Waals surface area contributed by atoms with Gasteiger partial charge in [-0.05, 0) is 73.2 Å². The zero-order valence-electron chi connectivity index (χ0n) is 14.1. The van der Waals surface area contributed by atoms with E-state index in [0.29, 0.717) is 5.69 Å². The van der Waals surface area contributed by atoms with E-state index in [0.717, 1.165) is 11.1 Å². The van der Waals surface area contributed by atoms with E-state index < -0.39 is 9.84 Å². The van der Waals surface area contributed by atoms with E-state index in [1.807, 2.05) is 6.92 Å². The summed E-state index contributed by atoms with van der Waals surface area (Å²) in [6.07, 6.45) is 1.61. The van der Waals surface area contributed by atoms with Gasteiger partial charge in [0.05, 0.1) is 21.7 Å². The van der Waals surface area contributed by atoms with Crippen molar-refractivity contribution in [3.05, 3.63) is 83.9 Å². The first kappa shape index (κ1) is 17.7. The molecule has 6 heteroatoms. The van der Waals surface area contributed by atoms with Crippen molar-refractivity contribution < 1.29 is 13.5 Å². The molecule has 2 N–H and O–H groups in total. The average molecular weight is 366 g/mol. The number of hydrogen-bond donors (Lipinski definition) is 2. The summed E-state index contributed by atoms with van der Waals surface area (Å²) in [6, 6.07) is 19.8. The van der Waals surface area contributed by atoms with E-state index in [2.05, 4.69) is 10.5 Å². The summed E-state index contributed by atoms with van der Waals surface area (Å²) in [5, 5.41) is 13.3. The summed E-state index contributed by atoms with van der Waals surface area (Å²) in [5.41, 5.74) is 5.35. The third-order valence-corrected chi connectivity index (χ3v) is 5.58. The van der Waals surface area contributed by atoms with Crippen LogP contribution in [0.15, 0.2) is 87.7 Å². The number of benzene rings is 3. The van der Waals surface area contributed by atoms with Gasteiger partial charge < -0.3 is 5.11 Å². The standard InChI is InChI=1S/C20H18N2O3S/c1-15-2-10-19(11-3-15)26(24,25)20-12-6-17(7-13-20)22-21-14-16-4-8-18(23)9-5-16/h2-14,22-23H,1H3/b21-14+. The highest BCUT2D eigenvalue weighted by Gasteiger charge is 2.16. The summed E-state index contributed by atoms with van der Waals surface area (Å²) in [6.45, 7) is 1.91. The van der Waals surface area contributed by atoms with Crippen molar-refractivity contribution in [3.63, 3.8) is 0 Å². The molecule has 0 unspecified atom stereocenters. The molecule has 132 valence electrons. The van der Waals surface area contributed by atoms with Gasteiger partial charge in [0.15, 0.2) is 0 Å². The molecule has 0 fully saturated rings. The van der Waals surface area contributed by atoms with Gasteiger partial charge in [-0.2, -0.15) is 5.10 Å². The van der Waals surface area contributed by atoms with Crippen molar-refractivity contribution in [1.29, 1.82) is 0 Å². The lowest BCUT2D eigenvalue weighted by atomic mass is 10.2. The van der Waals surface area contributed by atoms with Crippen LogP contribution < -0.4 is 5.43 Å². The number of hydrogen-bond acceptors (Lipinski definition) is 5. The highest BCUT2D eigenvalue weighted by atomic mass is 32.2. The van der Waals surface area contributed by atoms with Crippen LogP contribution in [-0.4, -0.2) is 19.7 Å². The summed E-state index contributed by atoms with van der Waals surface area (Å²) in [5.74, 6) is 0.195. The molecule has 0 spiro atoms. The van der Waals surface area contributed by atoms with Gasteiger partial charge in [-0.1, -0.05) is 17.7 Å². The van der Waals surface area contributed by atoms with Crippen molar-refractivity contribution >= 4 is 21.7 Å². The predicted octanol–water partition coefficient (Wildman–Crippen LogP) is 3.98. The lowest BCUT2D eigenvalue weighted by Gasteiger charge is -2.06. The molecule has 0 aromatic heterocycles. The molecular weight excluding hydrogens is 348 g/mol. The maximum Gasteiger partial charge on any atom is 0.206 e. The molecule has 0 saturated heterocycles. The van der Waals surface area contributed by atoms with Crippen LogP contribution in [0.4, 0.5) is 5.69 Å². The van der Waals surface area contributed by atoms with Crippen LogP contribution in [0, 0.1) is 6.92 Å². The molecule has 0 radical (unpaired) electrons. The number of nitrogens with zero attached hydrogens (tertiary/aromatic N) is 1. The molecule has 5 nitrogen and oxygen atoms in total. The Balaban J connectivity index is 1.71. The maximum absolute atomic E-state index is 12.6. The third-order valence-electron chi connectivity index (χ3n) is 3.80. The number of sulfone groups is 1. The highest BCUT2D eigenvalue weighted by Crippen LogP contribution is 2.22. The summed E-state index contributed by atoms with van der Waals surface area (Å²) in [7, 11) is -3.53. The van der Waals surface area contributed by atoms with E-state index in [1.165, 1.54) is 0 Å². The fourth-order valence-corrected chi connectivity index (χ4v) is 3.56. The van der Waals surface area contributed by atoms with Crippen LogP contribution in [0.2, 0.25) is 0 Å². The molecule has 0 aliphatic rings. The fourth-order valence-electron chi connectivity index (χ4n) is 2.30. The number of anilines is 1. The van der Waals surface area contributed by atoms with Crippen LogP contribution in [0.1, 0.15) is 11.1 Å². The smallest absolute Gasteiger partial charge is 0.206 e. The number of aryl methyl sites for hydroxylation is 1. The van der Waals surface area contributed by atoms with Crippen molar-refractivity contribution in [2.24, 2.45) is 5.10 Å². The normalized spacial score (nSPS) is 11.6.